The molecule has 1 unspecified atom stereocenters. The van der Waals surface area contributed by atoms with Gasteiger partial charge >= 0.3 is 19.7 Å². The first-order valence-electron chi connectivity index (χ1n) is 10.1. The molecule has 0 bridgehead atoms. The van der Waals surface area contributed by atoms with Gasteiger partial charge in [-0.2, -0.15) is 13.2 Å². The molecule has 0 fully saturated rings. The second-order valence-corrected chi connectivity index (χ2v) is 10.1. The van der Waals surface area contributed by atoms with Crippen LogP contribution in [0.15, 0.2) is 18.3 Å². The molecule has 1 N–H and O–H groups in total. The molecule has 1 rings (SSSR count). The van der Waals surface area contributed by atoms with E-state index in [4.69, 9.17) is 13.8 Å². The van der Waals surface area contributed by atoms with E-state index in [1.807, 2.05) is 0 Å². The second kappa shape index (κ2) is 11.2. The Hall–Kier alpha value is -1.97. The molecule has 0 saturated heterocycles. The van der Waals surface area contributed by atoms with Crippen LogP contribution in [0.4, 0.5) is 13.2 Å². The standard InChI is InChI=1S/C20H30F3N2O6P/c1-7-29-32(28,30-8-2)16(18(27)31-19(4,5)6)11-17(26)25-13(3)15-10-9-14(12-24-15)20(21,22)23/h9-10,12-13,16H,7-8,11H2,1-6H3,(H,25,26)/t13-,16?/m0/s1. The monoisotopic (exact) mass is 482 g/mol. The van der Waals surface area contributed by atoms with E-state index in [0.717, 1.165) is 12.1 Å². The van der Waals surface area contributed by atoms with Crippen molar-refractivity contribution >= 4 is 19.5 Å². The van der Waals surface area contributed by atoms with Crippen LogP contribution in [0.3, 0.4) is 0 Å². The minimum absolute atomic E-state index is 0.0237. The van der Waals surface area contributed by atoms with Crippen molar-refractivity contribution in [3.63, 3.8) is 0 Å². The molecule has 1 aromatic rings. The lowest BCUT2D eigenvalue weighted by atomic mass is 10.1. The smallest absolute Gasteiger partial charge is 0.417 e. The number of nitrogens with zero attached hydrogens (tertiary/aromatic N) is 1. The number of carbonyl (C=O) groups is 2. The van der Waals surface area contributed by atoms with Gasteiger partial charge in [0.05, 0.1) is 36.9 Å². The SMILES string of the molecule is CCOP(=O)(OCC)C(CC(=O)N[C@@H](C)c1ccc(C(F)(F)F)cn1)C(=O)OC(C)(C)C. The third kappa shape index (κ3) is 8.52. The molecule has 0 aliphatic rings. The van der Waals surface area contributed by atoms with Gasteiger partial charge in [-0.1, -0.05) is 0 Å². The summed E-state index contributed by atoms with van der Waals surface area (Å²) in [5, 5.41) is 2.54. The van der Waals surface area contributed by atoms with Crippen molar-refractivity contribution < 1.29 is 41.1 Å². The molecule has 0 aromatic carbocycles. The zero-order chi connectivity index (χ0) is 24.7. The zero-order valence-electron chi connectivity index (χ0n) is 19.0. The van der Waals surface area contributed by atoms with Crippen LogP contribution in [0.25, 0.3) is 0 Å². The highest BCUT2D eigenvalue weighted by Gasteiger charge is 2.45. The van der Waals surface area contributed by atoms with Gasteiger partial charge in [0.15, 0.2) is 5.66 Å². The summed E-state index contributed by atoms with van der Waals surface area (Å²) in [6, 6.07) is 1.22. The Balaban J connectivity index is 3.04. The van der Waals surface area contributed by atoms with E-state index in [9.17, 15) is 27.3 Å². The molecular formula is C20H30F3N2O6P. The number of esters is 1. The third-order valence-corrected chi connectivity index (χ3v) is 6.39. The molecule has 32 heavy (non-hydrogen) atoms. The van der Waals surface area contributed by atoms with Crippen LogP contribution in [0.2, 0.25) is 0 Å². The van der Waals surface area contributed by atoms with Gasteiger partial charge in [0.1, 0.15) is 5.60 Å². The van der Waals surface area contributed by atoms with E-state index in [-0.39, 0.29) is 18.9 Å². The van der Waals surface area contributed by atoms with Gasteiger partial charge in [-0.15, -0.1) is 0 Å². The van der Waals surface area contributed by atoms with Crippen molar-refractivity contribution in [1.29, 1.82) is 0 Å². The first-order valence-corrected chi connectivity index (χ1v) is 11.7. The molecule has 0 radical (unpaired) electrons. The molecule has 0 aliphatic heterocycles. The van der Waals surface area contributed by atoms with Crippen molar-refractivity contribution in [2.45, 2.75) is 71.4 Å². The van der Waals surface area contributed by atoms with Gasteiger partial charge in [-0.3, -0.25) is 19.1 Å². The Labute approximate surface area is 185 Å². The first kappa shape index (κ1) is 28.1. The van der Waals surface area contributed by atoms with Crippen LogP contribution in [0.1, 0.15) is 65.3 Å². The van der Waals surface area contributed by atoms with Crippen molar-refractivity contribution in [3.05, 3.63) is 29.6 Å². The van der Waals surface area contributed by atoms with Gasteiger partial charge in [0, 0.05) is 6.20 Å². The quantitative estimate of drug-likeness (QED) is 0.383. The highest BCUT2D eigenvalue weighted by atomic mass is 31.2. The first-order chi connectivity index (χ1) is 14.6. The lowest BCUT2D eigenvalue weighted by molar-refractivity contribution is -0.155. The average Bonchev–Trinajstić information content (AvgIpc) is 2.64. The lowest BCUT2D eigenvalue weighted by Crippen LogP contribution is -2.37. The van der Waals surface area contributed by atoms with Gasteiger partial charge < -0.3 is 19.1 Å². The number of ether oxygens (including phenoxy) is 1. The van der Waals surface area contributed by atoms with Gasteiger partial charge in [0.2, 0.25) is 5.91 Å². The molecule has 0 saturated carbocycles. The number of aromatic nitrogens is 1. The maximum absolute atomic E-state index is 13.2. The van der Waals surface area contributed by atoms with Crippen LogP contribution < -0.4 is 5.32 Å². The second-order valence-electron chi connectivity index (χ2n) is 7.89. The van der Waals surface area contributed by atoms with Crippen molar-refractivity contribution in [3.8, 4) is 0 Å². The fourth-order valence-corrected chi connectivity index (χ4v) is 4.50. The number of pyridine rings is 1. The highest BCUT2D eigenvalue weighted by molar-refractivity contribution is 7.55. The van der Waals surface area contributed by atoms with Gasteiger partial charge in [-0.25, -0.2) is 0 Å². The lowest BCUT2D eigenvalue weighted by Gasteiger charge is -2.28. The number of hydrogen-bond donors (Lipinski definition) is 1. The summed E-state index contributed by atoms with van der Waals surface area (Å²) in [6.07, 6.45) is -4.44. The van der Waals surface area contributed by atoms with Crippen molar-refractivity contribution in [2.24, 2.45) is 0 Å². The summed E-state index contributed by atoms with van der Waals surface area (Å²) >= 11 is 0. The molecule has 1 amide bonds. The predicted octanol–water partition coefficient (Wildman–Crippen LogP) is 4.64. The minimum atomic E-state index is -4.53. The predicted molar refractivity (Wildman–Crippen MR) is 111 cm³/mol. The van der Waals surface area contributed by atoms with E-state index in [0.29, 0.717) is 6.20 Å². The van der Waals surface area contributed by atoms with Crippen LogP contribution >= 0.6 is 7.60 Å². The number of carbonyl (C=O) groups excluding carboxylic acids is 2. The number of amides is 1. The maximum atomic E-state index is 13.2. The maximum Gasteiger partial charge on any atom is 0.417 e. The number of nitrogens with one attached hydrogen (secondary N) is 1. The van der Waals surface area contributed by atoms with E-state index in [2.05, 4.69) is 10.3 Å². The molecule has 2 atom stereocenters. The minimum Gasteiger partial charge on any atom is -0.459 e. The van der Waals surface area contributed by atoms with E-state index in [1.165, 1.54) is 6.92 Å². The fourth-order valence-electron chi connectivity index (χ4n) is 2.65. The van der Waals surface area contributed by atoms with Gasteiger partial charge in [-0.05, 0) is 53.7 Å². The largest absolute Gasteiger partial charge is 0.459 e. The Bertz CT molecular complexity index is 814. The number of hydrogen-bond acceptors (Lipinski definition) is 7. The normalized spacial score (nSPS) is 14.5. The molecule has 12 heteroatoms. The summed E-state index contributed by atoms with van der Waals surface area (Å²) in [5.41, 5.74) is -3.17. The molecule has 0 spiro atoms. The number of rotatable bonds is 10. The summed E-state index contributed by atoms with van der Waals surface area (Å²) in [7, 11) is -4.04. The summed E-state index contributed by atoms with van der Waals surface area (Å²) in [5.74, 6) is -1.62. The summed E-state index contributed by atoms with van der Waals surface area (Å²) < 4.78 is 67.1. The molecule has 1 aromatic heterocycles. The van der Waals surface area contributed by atoms with Crippen LogP contribution in [-0.2, 0) is 34.1 Å². The average molecular weight is 482 g/mol. The van der Waals surface area contributed by atoms with Crippen molar-refractivity contribution in [1.82, 2.24) is 10.3 Å². The Morgan fingerprint density at radius 1 is 1.12 bits per heavy atom. The summed E-state index contributed by atoms with van der Waals surface area (Å²) in [4.78, 5) is 29.1. The number of halogens is 3. The van der Waals surface area contributed by atoms with Crippen LogP contribution in [0.5, 0.6) is 0 Å². The fraction of sp³-hybridized carbons (Fsp3) is 0.650. The molecule has 0 aliphatic carbocycles. The van der Waals surface area contributed by atoms with Crippen LogP contribution in [0, 0.1) is 0 Å². The Morgan fingerprint density at radius 2 is 1.69 bits per heavy atom. The van der Waals surface area contributed by atoms with E-state index >= 15 is 0 Å². The third-order valence-electron chi connectivity index (χ3n) is 3.99. The molecule has 182 valence electrons. The van der Waals surface area contributed by atoms with E-state index < -0.39 is 54.9 Å². The summed E-state index contributed by atoms with van der Waals surface area (Å²) in [6.45, 7) is 9.45. The Kier molecular flexibility index (Phi) is 9.86. The highest BCUT2D eigenvalue weighted by Crippen LogP contribution is 2.55. The van der Waals surface area contributed by atoms with E-state index in [1.54, 1.807) is 34.6 Å². The Morgan fingerprint density at radius 3 is 2.09 bits per heavy atom. The van der Waals surface area contributed by atoms with Gasteiger partial charge in [0.25, 0.3) is 0 Å². The number of alkyl halides is 3. The molecule has 8 nitrogen and oxygen atoms in total. The topological polar surface area (TPSA) is 104 Å². The molecule has 1 heterocycles. The molecular weight excluding hydrogens is 452 g/mol. The van der Waals surface area contributed by atoms with Crippen molar-refractivity contribution in [2.75, 3.05) is 13.2 Å². The zero-order valence-corrected chi connectivity index (χ0v) is 19.9. The van der Waals surface area contributed by atoms with Crippen LogP contribution in [-0.4, -0.2) is 41.3 Å².